The number of ether oxygens (including phenoxy) is 1. The second kappa shape index (κ2) is 7.27. The molecule has 0 saturated heterocycles. The molecule has 0 amide bonds. The Morgan fingerprint density at radius 3 is 1.83 bits per heavy atom. The Labute approximate surface area is 174 Å². The van der Waals surface area contributed by atoms with Gasteiger partial charge in [-0.2, -0.15) is 0 Å². The number of phenolic OH excluding ortho intramolecular Hbond substituents is 1. The van der Waals surface area contributed by atoms with E-state index in [9.17, 15) is 15.0 Å². The maximum atomic E-state index is 11.4. The van der Waals surface area contributed by atoms with Crippen LogP contribution in [-0.2, 0) is 6.22 Å². The van der Waals surface area contributed by atoms with Gasteiger partial charge in [0.1, 0.15) is 18.7 Å². The maximum Gasteiger partial charge on any atom is 0.336 e. The van der Waals surface area contributed by atoms with Gasteiger partial charge in [-0.15, -0.1) is 0 Å². The second-order valence-corrected chi connectivity index (χ2v) is 11.7. The normalized spacial score (nSPS) is 14.1. The highest BCUT2D eigenvalue weighted by atomic mass is 127. The van der Waals surface area contributed by atoms with Crippen LogP contribution in [0.15, 0.2) is 48.5 Å². The van der Waals surface area contributed by atoms with E-state index < -0.39 is 10.9 Å². The number of benzene rings is 2. The van der Waals surface area contributed by atoms with Crippen molar-refractivity contribution in [1.29, 1.82) is 0 Å². The SMILES string of the molecule is N[C@@](I)(C(=O)O)C(I)(I)c1ccc(Oc2ccc(O)cc2)cc1. The molecule has 1 atom stereocenters. The quantitative estimate of drug-likeness (QED) is 0.254. The number of phenols is 1. The van der Waals surface area contributed by atoms with E-state index in [2.05, 4.69) is 0 Å². The van der Waals surface area contributed by atoms with Crippen LogP contribution in [0.25, 0.3) is 0 Å². The topological polar surface area (TPSA) is 92.8 Å². The number of nitrogens with two attached hydrogens (primary N) is 1. The Kier molecular flexibility index (Phi) is 6.00. The number of alkyl halides is 3. The second-order valence-electron chi connectivity index (χ2n) is 4.71. The van der Waals surface area contributed by atoms with Gasteiger partial charge < -0.3 is 20.7 Å². The van der Waals surface area contributed by atoms with Gasteiger partial charge in [-0.25, -0.2) is 4.79 Å². The molecule has 0 spiro atoms. The molecule has 2 aromatic rings. The Bertz CT molecular complexity index is 700. The number of halogens is 3. The summed E-state index contributed by atoms with van der Waals surface area (Å²) in [5.74, 6) is 0.293. The number of carboxylic acid groups (broad SMARTS) is 1. The standard InChI is InChI=1S/C15H12I3NO4/c16-14(17,15(18,19)13(21)22)9-1-5-11(6-2-9)23-12-7-3-10(20)4-8-12/h1-8,20H,19H2,(H,21,22)/t15-/m0/s1. The number of carbonyl (C=O) groups is 1. The fourth-order valence-corrected chi connectivity index (χ4v) is 3.22. The van der Waals surface area contributed by atoms with Crippen LogP contribution in [0.4, 0.5) is 0 Å². The first-order chi connectivity index (χ1) is 10.6. The lowest BCUT2D eigenvalue weighted by atomic mass is 10.1. The molecule has 0 heterocycles. The van der Waals surface area contributed by atoms with Crippen LogP contribution in [0.3, 0.4) is 0 Å². The molecule has 2 aromatic carbocycles. The molecule has 0 aliphatic heterocycles. The Morgan fingerprint density at radius 1 is 0.957 bits per heavy atom. The summed E-state index contributed by atoms with van der Waals surface area (Å²) < 4.78 is 3.39. The first-order valence-corrected chi connectivity index (χ1v) is 9.54. The van der Waals surface area contributed by atoms with Crippen LogP contribution in [-0.4, -0.2) is 19.7 Å². The third-order valence-corrected chi connectivity index (χ3v) is 9.34. The molecule has 0 fully saturated rings. The van der Waals surface area contributed by atoms with E-state index in [0.717, 1.165) is 5.56 Å². The average molecular weight is 651 g/mol. The monoisotopic (exact) mass is 651 g/mol. The zero-order valence-corrected chi connectivity index (χ0v) is 18.0. The first-order valence-electron chi connectivity index (χ1n) is 6.31. The number of hydrogen-bond acceptors (Lipinski definition) is 4. The van der Waals surface area contributed by atoms with E-state index >= 15 is 0 Å². The maximum absolute atomic E-state index is 11.4. The smallest absolute Gasteiger partial charge is 0.336 e. The fraction of sp³-hybridized carbons (Fsp3) is 0.133. The van der Waals surface area contributed by atoms with Gasteiger partial charge in [0.2, 0.25) is 0 Å². The van der Waals surface area contributed by atoms with Crippen molar-refractivity contribution in [2.45, 2.75) is 4.97 Å². The van der Waals surface area contributed by atoms with Crippen molar-refractivity contribution < 1.29 is 19.7 Å². The van der Waals surface area contributed by atoms with E-state index in [0.29, 0.717) is 11.5 Å². The molecular formula is C15H12I3NO4. The van der Waals surface area contributed by atoms with Crippen molar-refractivity contribution in [3.8, 4) is 17.2 Å². The molecule has 0 bridgehead atoms. The lowest BCUT2D eigenvalue weighted by Crippen LogP contribution is -2.52. The summed E-state index contributed by atoms with van der Waals surface area (Å²) in [7, 11) is 0. The Balaban J connectivity index is 2.22. The molecule has 0 aliphatic rings. The van der Waals surface area contributed by atoms with E-state index in [4.69, 9.17) is 10.5 Å². The largest absolute Gasteiger partial charge is 0.508 e. The predicted molar refractivity (Wildman–Crippen MR) is 113 cm³/mol. The molecule has 0 aliphatic carbocycles. The zero-order valence-electron chi connectivity index (χ0n) is 11.5. The molecule has 0 unspecified atom stereocenters. The van der Waals surface area contributed by atoms with Gasteiger partial charge in [0.05, 0.1) is 0 Å². The van der Waals surface area contributed by atoms with Gasteiger partial charge in [-0.05, 0) is 64.6 Å². The van der Waals surface area contributed by atoms with Gasteiger partial charge >= 0.3 is 5.97 Å². The van der Waals surface area contributed by atoms with Crippen LogP contribution in [0.1, 0.15) is 5.56 Å². The molecule has 0 saturated carbocycles. The highest BCUT2D eigenvalue weighted by Gasteiger charge is 2.50. The van der Waals surface area contributed by atoms with Crippen LogP contribution >= 0.6 is 67.8 Å². The van der Waals surface area contributed by atoms with Crippen LogP contribution in [0, 0.1) is 0 Å². The summed E-state index contributed by atoms with van der Waals surface area (Å²) >= 11 is 5.84. The number of rotatable bonds is 5. The molecule has 5 nitrogen and oxygen atoms in total. The number of aliphatic carboxylic acids is 1. The minimum absolute atomic E-state index is 0.169. The first kappa shape index (κ1) is 19.0. The summed E-state index contributed by atoms with van der Waals surface area (Å²) in [6.45, 7) is 0. The molecule has 23 heavy (non-hydrogen) atoms. The van der Waals surface area contributed by atoms with Crippen LogP contribution < -0.4 is 10.5 Å². The molecule has 2 rings (SSSR count). The summed E-state index contributed by atoms with van der Waals surface area (Å²) in [4.78, 5) is 11.4. The van der Waals surface area contributed by atoms with Crippen molar-refractivity contribution in [2.24, 2.45) is 5.73 Å². The van der Waals surface area contributed by atoms with Gasteiger partial charge in [0.25, 0.3) is 0 Å². The molecule has 0 aromatic heterocycles. The van der Waals surface area contributed by atoms with Crippen molar-refractivity contribution in [3.05, 3.63) is 54.1 Å². The van der Waals surface area contributed by atoms with E-state index in [-0.39, 0.29) is 5.75 Å². The zero-order chi connectivity index (χ0) is 17.3. The molecule has 8 heteroatoms. The van der Waals surface area contributed by atoms with Crippen molar-refractivity contribution >= 4 is 73.7 Å². The van der Waals surface area contributed by atoms with Crippen molar-refractivity contribution in [3.63, 3.8) is 0 Å². The van der Waals surface area contributed by atoms with Crippen molar-refractivity contribution in [1.82, 2.24) is 0 Å². The highest BCUT2D eigenvalue weighted by Crippen LogP contribution is 2.50. The summed E-state index contributed by atoms with van der Waals surface area (Å²) in [5, 5.41) is 18.6. The molecule has 4 N–H and O–H groups in total. The lowest BCUT2D eigenvalue weighted by molar-refractivity contribution is -0.139. The number of aromatic hydroxyl groups is 1. The number of carboxylic acids is 1. The molecular weight excluding hydrogens is 639 g/mol. The molecule has 0 radical (unpaired) electrons. The third kappa shape index (κ3) is 4.20. The third-order valence-electron chi connectivity index (χ3n) is 3.06. The lowest BCUT2D eigenvalue weighted by Gasteiger charge is -2.32. The van der Waals surface area contributed by atoms with Crippen LogP contribution in [0.2, 0.25) is 0 Å². The van der Waals surface area contributed by atoms with Gasteiger partial charge in [0.15, 0.2) is 3.55 Å². The van der Waals surface area contributed by atoms with Gasteiger partial charge in [0, 0.05) is 0 Å². The van der Waals surface area contributed by atoms with E-state index in [1.165, 1.54) is 12.1 Å². The summed E-state index contributed by atoms with van der Waals surface area (Å²) in [6, 6.07) is 13.5. The minimum Gasteiger partial charge on any atom is -0.508 e. The molecule has 122 valence electrons. The minimum atomic E-state index is -1.45. The Morgan fingerprint density at radius 2 is 1.39 bits per heavy atom. The van der Waals surface area contributed by atoms with Crippen molar-refractivity contribution in [2.75, 3.05) is 0 Å². The number of hydrogen-bond donors (Lipinski definition) is 3. The predicted octanol–water partition coefficient (Wildman–Crippen LogP) is 4.38. The van der Waals surface area contributed by atoms with Gasteiger partial charge in [-0.3, -0.25) is 0 Å². The fourth-order valence-electron chi connectivity index (χ4n) is 1.73. The highest BCUT2D eigenvalue weighted by molar-refractivity contribution is 14.2. The summed E-state index contributed by atoms with van der Waals surface area (Å²) in [6.07, 6.45) is 0. The summed E-state index contributed by atoms with van der Waals surface area (Å²) in [5.41, 5.74) is 6.74. The average Bonchev–Trinajstić information content (AvgIpc) is 2.50. The Hall–Kier alpha value is -0.340. The van der Waals surface area contributed by atoms with E-state index in [1.807, 2.05) is 45.2 Å². The van der Waals surface area contributed by atoms with Gasteiger partial charge in [-0.1, -0.05) is 57.3 Å². The van der Waals surface area contributed by atoms with E-state index in [1.54, 1.807) is 59.0 Å². The van der Waals surface area contributed by atoms with Crippen LogP contribution in [0.5, 0.6) is 17.2 Å².